The average molecular weight is 351 g/mol. The Morgan fingerprint density at radius 2 is 1.95 bits per heavy atom. The molecular weight excluding hydrogens is 324 g/mol. The quantitative estimate of drug-likeness (QED) is 0.429. The summed E-state index contributed by atoms with van der Waals surface area (Å²) in [4.78, 5) is 12.8. The summed E-state index contributed by atoms with van der Waals surface area (Å²) >= 11 is 3.67. The molecule has 0 heterocycles. The summed E-state index contributed by atoms with van der Waals surface area (Å²) in [6.07, 6.45) is 12.7. The Kier molecular flexibility index (Phi) is 3.24. The Balaban J connectivity index is 1.70. The molecule has 1 nitrogen and oxygen atoms in total. The van der Waals surface area contributed by atoms with Crippen molar-refractivity contribution < 1.29 is 4.79 Å². The first kappa shape index (κ1) is 14.5. The first-order chi connectivity index (χ1) is 9.97. The number of hydrogen-bond donors (Lipinski definition) is 0. The fourth-order valence-corrected chi connectivity index (χ4v) is 7.43. The number of hydrogen-bond acceptors (Lipinski definition) is 1. The molecule has 3 fully saturated rings. The van der Waals surface area contributed by atoms with Gasteiger partial charge in [0.1, 0.15) is 0 Å². The van der Waals surface area contributed by atoms with Crippen LogP contribution in [0.2, 0.25) is 0 Å². The standard InChI is InChI=1S/C19H27BrO/c1-18-9-4-3-5-12(18)6-7-13-14(18)8-10-19(2)15(13)11-16(20)17(19)21/h5,13-16H,3-4,6-11H2,1-2H3/t13-,14+,15+,16+,18+,19+/m1/s1. The number of halogens is 1. The number of carbonyl (C=O) groups excluding carboxylic acids is 1. The van der Waals surface area contributed by atoms with Crippen LogP contribution in [0, 0.1) is 28.6 Å². The lowest BCUT2D eigenvalue weighted by Crippen LogP contribution is -2.50. The molecule has 21 heavy (non-hydrogen) atoms. The fourth-order valence-electron chi connectivity index (χ4n) is 6.50. The van der Waals surface area contributed by atoms with Crippen LogP contribution in [0.1, 0.15) is 65.2 Å². The predicted molar refractivity (Wildman–Crippen MR) is 89.4 cm³/mol. The SMILES string of the molecule is C[C@]12CCCC=C1CC[C@@H]1[C@@H]2CC[C@]2(C)C(=O)[C@@H](Br)C[C@@H]12. The van der Waals surface area contributed by atoms with Crippen molar-refractivity contribution in [2.45, 2.75) is 70.0 Å². The number of fused-ring (bicyclic) bond motifs is 5. The van der Waals surface area contributed by atoms with Crippen molar-refractivity contribution >= 4 is 21.7 Å². The van der Waals surface area contributed by atoms with Crippen molar-refractivity contribution in [3.8, 4) is 0 Å². The number of rotatable bonds is 0. The summed E-state index contributed by atoms with van der Waals surface area (Å²) in [5.74, 6) is 2.76. The molecule has 0 amide bonds. The van der Waals surface area contributed by atoms with Crippen LogP contribution in [0.15, 0.2) is 11.6 Å². The summed E-state index contributed by atoms with van der Waals surface area (Å²) in [6.45, 7) is 4.81. The highest BCUT2D eigenvalue weighted by Crippen LogP contribution is 2.65. The smallest absolute Gasteiger partial charge is 0.152 e. The van der Waals surface area contributed by atoms with Gasteiger partial charge in [0.2, 0.25) is 0 Å². The van der Waals surface area contributed by atoms with E-state index in [4.69, 9.17) is 0 Å². The predicted octanol–water partition coefficient (Wildman–Crippen LogP) is 5.28. The lowest BCUT2D eigenvalue weighted by Gasteiger charge is -2.57. The van der Waals surface area contributed by atoms with E-state index in [1.807, 2.05) is 0 Å². The van der Waals surface area contributed by atoms with Crippen molar-refractivity contribution in [1.82, 2.24) is 0 Å². The van der Waals surface area contributed by atoms with Gasteiger partial charge in [-0.3, -0.25) is 4.79 Å². The molecule has 0 unspecified atom stereocenters. The Bertz CT molecular complexity index is 510. The molecule has 0 radical (unpaired) electrons. The largest absolute Gasteiger partial charge is 0.298 e. The van der Waals surface area contributed by atoms with Crippen molar-refractivity contribution in [2.75, 3.05) is 0 Å². The van der Waals surface area contributed by atoms with Crippen LogP contribution in [0.3, 0.4) is 0 Å². The van der Waals surface area contributed by atoms with E-state index >= 15 is 0 Å². The van der Waals surface area contributed by atoms with Gasteiger partial charge in [-0.15, -0.1) is 0 Å². The summed E-state index contributed by atoms with van der Waals surface area (Å²) in [6, 6.07) is 0. The molecule has 4 aliphatic rings. The summed E-state index contributed by atoms with van der Waals surface area (Å²) < 4.78 is 0. The average Bonchev–Trinajstić information content (AvgIpc) is 2.70. The molecule has 0 bridgehead atoms. The molecule has 3 saturated carbocycles. The summed E-state index contributed by atoms with van der Waals surface area (Å²) in [5, 5.41) is 0. The van der Waals surface area contributed by atoms with Crippen LogP contribution in [0.4, 0.5) is 0 Å². The number of alkyl halides is 1. The normalized spacial score (nSPS) is 52.7. The Morgan fingerprint density at radius 1 is 1.14 bits per heavy atom. The van der Waals surface area contributed by atoms with Crippen molar-refractivity contribution in [3.63, 3.8) is 0 Å². The minimum Gasteiger partial charge on any atom is -0.298 e. The molecule has 116 valence electrons. The van der Waals surface area contributed by atoms with E-state index in [2.05, 4.69) is 35.9 Å². The zero-order chi connectivity index (χ0) is 14.8. The topological polar surface area (TPSA) is 17.1 Å². The molecule has 0 saturated heterocycles. The first-order valence-electron chi connectivity index (χ1n) is 8.85. The Labute approximate surface area is 137 Å². The second-order valence-corrected chi connectivity index (χ2v) is 9.58. The molecule has 0 aromatic rings. The third-order valence-electron chi connectivity index (χ3n) is 7.72. The highest BCUT2D eigenvalue weighted by atomic mass is 79.9. The minimum absolute atomic E-state index is 0.0262. The van der Waals surface area contributed by atoms with Crippen LogP contribution in [-0.2, 0) is 4.79 Å². The zero-order valence-electron chi connectivity index (χ0n) is 13.3. The van der Waals surface area contributed by atoms with Crippen LogP contribution in [0.25, 0.3) is 0 Å². The molecular formula is C19H27BrO. The highest BCUT2D eigenvalue weighted by molar-refractivity contribution is 9.10. The summed E-state index contributed by atoms with van der Waals surface area (Å²) in [7, 11) is 0. The van der Waals surface area contributed by atoms with Gasteiger partial charge in [0.15, 0.2) is 5.78 Å². The van der Waals surface area contributed by atoms with Crippen molar-refractivity contribution in [2.24, 2.45) is 28.6 Å². The second kappa shape index (κ2) is 4.69. The lowest BCUT2D eigenvalue weighted by molar-refractivity contribution is -0.132. The monoisotopic (exact) mass is 350 g/mol. The third kappa shape index (κ3) is 1.84. The van der Waals surface area contributed by atoms with Crippen molar-refractivity contribution in [1.29, 1.82) is 0 Å². The van der Waals surface area contributed by atoms with Gasteiger partial charge in [0.05, 0.1) is 4.83 Å². The maximum atomic E-state index is 12.6. The van der Waals surface area contributed by atoms with Gasteiger partial charge >= 0.3 is 0 Å². The molecule has 6 atom stereocenters. The lowest BCUT2D eigenvalue weighted by atomic mass is 9.47. The van der Waals surface area contributed by atoms with Gasteiger partial charge in [-0.1, -0.05) is 41.4 Å². The van der Waals surface area contributed by atoms with E-state index < -0.39 is 0 Å². The third-order valence-corrected chi connectivity index (χ3v) is 8.51. The van der Waals surface area contributed by atoms with E-state index in [0.717, 1.165) is 24.7 Å². The molecule has 0 aromatic carbocycles. The fraction of sp³-hybridized carbons (Fsp3) is 0.842. The molecule has 0 aromatic heterocycles. The Morgan fingerprint density at radius 3 is 2.76 bits per heavy atom. The zero-order valence-corrected chi connectivity index (χ0v) is 14.9. The minimum atomic E-state index is -0.0262. The van der Waals surface area contributed by atoms with Gasteiger partial charge in [0, 0.05) is 5.41 Å². The van der Waals surface area contributed by atoms with Crippen molar-refractivity contribution in [3.05, 3.63) is 11.6 Å². The first-order valence-corrected chi connectivity index (χ1v) is 9.76. The molecule has 2 heteroatoms. The van der Waals surface area contributed by atoms with Crippen LogP contribution >= 0.6 is 15.9 Å². The van der Waals surface area contributed by atoms with E-state index in [0.29, 0.717) is 17.1 Å². The van der Waals surface area contributed by atoms with Gasteiger partial charge in [-0.2, -0.15) is 0 Å². The Hall–Kier alpha value is -0.110. The number of ketones is 1. The molecule has 4 aliphatic carbocycles. The van der Waals surface area contributed by atoms with E-state index in [9.17, 15) is 4.79 Å². The van der Waals surface area contributed by atoms with Gasteiger partial charge in [-0.05, 0) is 74.5 Å². The van der Waals surface area contributed by atoms with Gasteiger partial charge in [-0.25, -0.2) is 0 Å². The number of carbonyl (C=O) groups is 1. The molecule has 0 aliphatic heterocycles. The molecule has 0 N–H and O–H groups in total. The second-order valence-electron chi connectivity index (χ2n) is 8.48. The molecule has 4 rings (SSSR count). The summed E-state index contributed by atoms with van der Waals surface area (Å²) in [5.41, 5.74) is 2.19. The van der Waals surface area contributed by atoms with Gasteiger partial charge in [0.25, 0.3) is 0 Å². The van der Waals surface area contributed by atoms with Gasteiger partial charge < -0.3 is 0 Å². The van der Waals surface area contributed by atoms with E-state index in [1.54, 1.807) is 5.57 Å². The number of Topliss-reactive ketones (excluding diaryl/α,β-unsaturated/α-hetero) is 1. The maximum Gasteiger partial charge on any atom is 0.152 e. The van der Waals surface area contributed by atoms with E-state index in [1.165, 1.54) is 38.5 Å². The van der Waals surface area contributed by atoms with Crippen LogP contribution in [-0.4, -0.2) is 10.6 Å². The molecule has 0 spiro atoms. The highest BCUT2D eigenvalue weighted by Gasteiger charge is 2.60. The van der Waals surface area contributed by atoms with Crippen LogP contribution < -0.4 is 0 Å². The number of allylic oxidation sites excluding steroid dienone is 2. The maximum absolute atomic E-state index is 12.6. The van der Waals surface area contributed by atoms with E-state index in [-0.39, 0.29) is 10.2 Å². The van der Waals surface area contributed by atoms with Crippen LogP contribution in [0.5, 0.6) is 0 Å².